The predicted molar refractivity (Wildman–Crippen MR) is 112 cm³/mol. The van der Waals surface area contributed by atoms with Crippen LogP contribution in [-0.2, 0) is 14.3 Å². The Morgan fingerprint density at radius 3 is 2.75 bits per heavy atom. The molecule has 1 fully saturated rings. The zero-order chi connectivity index (χ0) is 19.8. The molecule has 1 atom stereocenters. The third kappa shape index (κ3) is 5.90. The first-order chi connectivity index (χ1) is 13.6. The van der Waals surface area contributed by atoms with Crippen LogP contribution < -0.4 is 16.1 Å². The Hall–Kier alpha value is -2.71. The second-order valence-electron chi connectivity index (χ2n) is 6.27. The molecule has 1 saturated heterocycles. The van der Waals surface area contributed by atoms with E-state index in [0.29, 0.717) is 13.2 Å². The number of ether oxygens (including phenoxy) is 1. The molecule has 0 spiro atoms. The highest BCUT2D eigenvalue weighted by Crippen LogP contribution is 2.23. The lowest BCUT2D eigenvalue weighted by Crippen LogP contribution is -2.41. The van der Waals surface area contributed by atoms with Crippen LogP contribution in [0.2, 0.25) is 0 Å². The lowest BCUT2D eigenvalue weighted by Gasteiger charge is -2.10. The molecule has 1 heterocycles. The van der Waals surface area contributed by atoms with Gasteiger partial charge in [-0.3, -0.25) is 9.59 Å². The number of benzene rings is 2. The normalized spacial score (nSPS) is 16.1. The van der Waals surface area contributed by atoms with Gasteiger partial charge in [-0.15, -0.1) is 0 Å². The molecule has 0 bridgehead atoms. The number of hydrogen-bond acceptors (Lipinski definition) is 5. The molecule has 3 rings (SSSR count). The summed E-state index contributed by atoms with van der Waals surface area (Å²) in [4.78, 5) is 23.7. The summed E-state index contributed by atoms with van der Waals surface area (Å²) in [6.07, 6.45) is 3.33. The Morgan fingerprint density at radius 1 is 1.18 bits per heavy atom. The third-order valence-corrected chi connectivity index (χ3v) is 4.65. The summed E-state index contributed by atoms with van der Waals surface area (Å²) >= 11 is 3.43. The smallest absolute Gasteiger partial charge is 0.329 e. The van der Waals surface area contributed by atoms with E-state index in [-0.39, 0.29) is 6.10 Å². The van der Waals surface area contributed by atoms with Crippen LogP contribution in [0.4, 0.5) is 11.4 Å². The minimum atomic E-state index is -0.818. The van der Waals surface area contributed by atoms with Gasteiger partial charge >= 0.3 is 11.8 Å². The number of nitrogens with one attached hydrogen (secondary N) is 3. The quantitative estimate of drug-likeness (QED) is 0.362. The average molecular weight is 445 g/mol. The number of hydrazone groups is 1. The van der Waals surface area contributed by atoms with Crippen LogP contribution in [0.25, 0.3) is 0 Å². The van der Waals surface area contributed by atoms with Crippen molar-refractivity contribution in [3.63, 3.8) is 0 Å². The first-order valence-electron chi connectivity index (χ1n) is 8.96. The highest BCUT2D eigenvalue weighted by atomic mass is 79.9. The van der Waals surface area contributed by atoms with Crippen molar-refractivity contribution in [1.82, 2.24) is 10.7 Å². The summed E-state index contributed by atoms with van der Waals surface area (Å²) in [5.41, 5.74) is 4.74. The van der Waals surface area contributed by atoms with Crippen LogP contribution >= 0.6 is 15.9 Å². The van der Waals surface area contributed by atoms with Crippen molar-refractivity contribution < 1.29 is 14.3 Å². The fourth-order valence-electron chi connectivity index (χ4n) is 2.73. The van der Waals surface area contributed by atoms with Crippen molar-refractivity contribution >= 4 is 45.3 Å². The maximum Gasteiger partial charge on any atom is 0.329 e. The van der Waals surface area contributed by atoms with E-state index in [1.807, 2.05) is 48.5 Å². The van der Waals surface area contributed by atoms with E-state index in [1.54, 1.807) is 0 Å². The van der Waals surface area contributed by atoms with Gasteiger partial charge in [0, 0.05) is 34.6 Å². The summed E-state index contributed by atoms with van der Waals surface area (Å²) in [5.74, 6) is -1.55. The molecule has 8 heteroatoms. The van der Waals surface area contributed by atoms with E-state index in [4.69, 9.17) is 4.74 Å². The van der Waals surface area contributed by atoms with Crippen LogP contribution in [0.5, 0.6) is 0 Å². The van der Waals surface area contributed by atoms with Crippen molar-refractivity contribution in [2.24, 2.45) is 5.10 Å². The second kappa shape index (κ2) is 10.0. The Kier molecular flexibility index (Phi) is 7.16. The number of rotatable bonds is 6. The third-order valence-electron chi connectivity index (χ3n) is 4.16. The molecule has 0 radical (unpaired) electrons. The topological polar surface area (TPSA) is 91.8 Å². The van der Waals surface area contributed by atoms with Crippen molar-refractivity contribution in [2.75, 3.05) is 18.5 Å². The average Bonchev–Trinajstić information content (AvgIpc) is 3.22. The predicted octanol–water partition coefficient (Wildman–Crippen LogP) is 2.94. The summed E-state index contributed by atoms with van der Waals surface area (Å²) < 4.78 is 6.28. The summed E-state index contributed by atoms with van der Waals surface area (Å²) in [6, 6.07) is 15.4. The van der Waals surface area contributed by atoms with Gasteiger partial charge in [-0.25, -0.2) is 5.43 Å². The summed E-state index contributed by atoms with van der Waals surface area (Å²) in [6.45, 7) is 1.02. The zero-order valence-electron chi connectivity index (χ0n) is 15.2. The van der Waals surface area contributed by atoms with Crippen molar-refractivity contribution in [3.05, 3.63) is 58.6 Å². The van der Waals surface area contributed by atoms with Crippen LogP contribution in [0.3, 0.4) is 0 Å². The molecular weight excluding hydrogens is 424 g/mol. The SMILES string of the molecule is O=C(NC[C@@H]1CCCO1)C(=O)N/N=C\c1cc(Br)ccc1Nc1ccccc1. The van der Waals surface area contributed by atoms with Crippen LogP contribution in [0.15, 0.2) is 58.1 Å². The van der Waals surface area contributed by atoms with Crippen molar-refractivity contribution in [3.8, 4) is 0 Å². The summed E-state index contributed by atoms with van der Waals surface area (Å²) in [5, 5.41) is 9.76. The van der Waals surface area contributed by atoms with Crippen LogP contribution in [-0.4, -0.2) is 37.3 Å². The van der Waals surface area contributed by atoms with E-state index in [1.165, 1.54) is 6.21 Å². The largest absolute Gasteiger partial charge is 0.376 e. The zero-order valence-corrected chi connectivity index (χ0v) is 16.7. The maximum absolute atomic E-state index is 11.9. The number of para-hydroxylation sites is 1. The highest BCUT2D eigenvalue weighted by Gasteiger charge is 2.18. The number of anilines is 2. The molecule has 2 amide bonds. The van der Waals surface area contributed by atoms with Gasteiger partial charge in [-0.2, -0.15) is 5.10 Å². The molecule has 7 nitrogen and oxygen atoms in total. The maximum atomic E-state index is 11.9. The highest BCUT2D eigenvalue weighted by molar-refractivity contribution is 9.10. The van der Waals surface area contributed by atoms with E-state index >= 15 is 0 Å². The van der Waals surface area contributed by atoms with Gasteiger partial charge in [0.2, 0.25) is 0 Å². The van der Waals surface area contributed by atoms with Gasteiger partial charge < -0.3 is 15.4 Å². The molecule has 1 aliphatic heterocycles. The molecule has 28 heavy (non-hydrogen) atoms. The minimum Gasteiger partial charge on any atom is -0.376 e. The van der Waals surface area contributed by atoms with Gasteiger partial charge in [0.1, 0.15) is 0 Å². The molecule has 146 valence electrons. The Bertz CT molecular complexity index is 852. The molecular formula is C20H21BrN4O3. The summed E-state index contributed by atoms with van der Waals surface area (Å²) in [7, 11) is 0. The van der Waals surface area contributed by atoms with Crippen molar-refractivity contribution in [1.29, 1.82) is 0 Å². The van der Waals surface area contributed by atoms with Crippen LogP contribution in [0.1, 0.15) is 18.4 Å². The fourth-order valence-corrected chi connectivity index (χ4v) is 3.11. The number of halogens is 1. The van der Waals surface area contributed by atoms with Crippen molar-refractivity contribution in [2.45, 2.75) is 18.9 Å². The lowest BCUT2D eigenvalue weighted by atomic mass is 10.2. The number of hydrogen-bond donors (Lipinski definition) is 3. The van der Waals surface area contributed by atoms with Crippen LogP contribution in [0, 0.1) is 0 Å². The molecule has 0 saturated carbocycles. The molecule has 0 unspecified atom stereocenters. The number of nitrogens with zero attached hydrogens (tertiary/aromatic N) is 1. The van der Waals surface area contributed by atoms with Gasteiger partial charge in [0.05, 0.1) is 12.3 Å². The van der Waals surface area contributed by atoms with E-state index in [9.17, 15) is 9.59 Å². The number of amides is 2. The van der Waals surface area contributed by atoms with Gasteiger partial charge in [-0.05, 0) is 43.2 Å². The van der Waals surface area contributed by atoms with E-state index in [2.05, 4.69) is 37.1 Å². The molecule has 1 aliphatic rings. The van der Waals surface area contributed by atoms with E-state index < -0.39 is 11.8 Å². The van der Waals surface area contributed by atoms with E-state index in [0.717, 1.165) is 34.3 Å². The molecule has 2 aromatic rings. The lowest BCUT2D eigenvalue weighted by molar-refractivity contribution is -0.139. The Labute approximate surface area is 171 Å². The molecule has 2 aromatic carbocycles. The van der Waals surface area contributed by atoms with Gasteiger partial charge in [-0.1, -0.05) is 34.1 Å². The number of carbonyl (C=O) groups excluding carboxylic acids is 2. The minimum absolute atomic E-state index is 0.0199. The monoisotopic (exact) mass is 444 g/mol. The first kappa shape index (κ1) is 20.0. The Morgan fingerprint density at radius 2 is 2.00 bits per heavy atom. The second-order valence-corrected chi connectivity index (χ2v) is 7.18. The fraction of sp³-hybridized carbons (Fsp3) is 0.250. The van der Waals surface area contributed by atoms with Gasteiger partial charge in [0.15, 0.2) is 0 Å². The molecule has 3 N–H and O–H groups in total. The first-order valence-corrected chi connectivity index (χ1v) is 9.75. The number of carbonyl (C=O) groups is 2. The van der Waals surface area contributed by atoms with Gasteiger partial charge in [0.25, 0.3) is 0 Å². The standard InChI is InChI=1S/C20H21BrN4O3/c21-15-8-9-18(24-16-5-2-1-3-6-16)14(11-15)12-23-25-20(27)19(26)22-13-17-7-4-10-28-17/h1-3,5-6,8-9,11-12,17,24H,4,7,10,13H2,(H,22,26)(H,25,27)/b23-12-/t17-/m0/s1. The molecule has 0 aromatic heterocycles. The molecule has 0 aliphatic carbocycles. The Balaban J connectivity index is 1.57.